The van der Waals surface area contributed by atoms with Crippen molar-refractivity contribution in [3.8, 4) is 0 Å². The van der Waals surface area contributed by atoms with Gasteiger partial charge in [0.05, 0.1) is 0 Å². The van der Waals surface area contributed by atoms with Gasteiger partial charge in [0.25, 0.3) is 0 Å². The summed E-state index contributed by atoms with van der Waals surface area (Å²) in [6, 6.07) is 0. The molecule has 0 aliphatic rings. The van der Waals surface area contributed by atoms with Gasteiger partial charge in [-0.1, -0.05) is 197 Å². The van der Waals surface area contributed by atoms with Gasteiger partial charge in [-0.3, -0.25) is 14.4 Å². The second-order valence-corrected chi connectivity index (χ2v) is 17.8. The monoisotopic (exact) mass is 881 g/mol. The summed E-state index contributed by atoms with van der Waals surface area (Å²) < 4.78 is 16.8. The van der Waals surface area contributed by atoms with Crippen LogP contribution < -0.4 is 0 Å². The number of unbranched alkanes of at least 4 members (excludes halogenated alkanes) is 27. The maximum Gasteiger partial charge on any atom is 0.306 e. The van der Waals surface area contributed by atoms with E-state index in [2.05, 4.69) is 81.5 Å². The van der Waals surface area contributed by atoms with Crippen molar-refractivity contribution < 1.29 is 28.6 Å². The fourth-order valence-corrected chi connectivity index (χ4v) is 7.38. The molecule has 0 N–H and O–H groups in total. The molecule has 0 radical (unpaired) electrons. The van der Waals surface area contributed by atoms with E-state index in [0.717, 1.165) is 96.3 Å². The van der Waals surface area contributed by atoms with Crippen LogP contribution in [0.3, 0.4) is 0 Å². The van der Waals surface area contributed by atoms with Gasteiger partial charge in [0.2, 0.25) is 0 Å². The van der Waals surface area contributed by atoms with Gasteiger partial charge in [0.15, 0.2) is 6.10 Å². The molecule has 0 amide bonds. The number of hydrogen-bond donors (Lipinski definition) is 0. The summed E-state index contributed by atoms with van der Waals surface area (Å²) in [5.41, 5.74) is 0. The highest BCUT2D eigenvalue weighted by atomic mass is 16.6. The maximum atomic E-state index is 12.8. The second kappa shape index (κ2) is 51.7. The topological polar surface area (TPSA) is 78.9 Å². The molecule has 0 aliphatic heterocycles. The van der Waals surface area contributed by atoms with Gasteiger partial charge in [-0.15, -0.1) is 0 Å². The SMILES string of the molecule is CCCCC/C=C\CCCCCCCC(=O)OCC(COC(=O)CCCCCCCC/C=C\C/C=C\C/C=C\CCCCCCC)OC(=O)CCCCCCC/C=C\CCCCC. The summed E-state index contributed by atoms with van der Waals surface area (Å²) in [4.78, 5) is 38.0. The summed E-state index contributed by atoms with van der Waals surface area (Å²) >= 11 is 0. The van der Waals surface area contributed by atoms with E-state index in [0.29, 0.717) is 19.3 Å². The van der Waals surface area contributed by atoms with E-state index in [1.54, 1.807) is 0 Å². The Bertz CT molecular complexity index is 1150. The highest BCUT2D eigenvalue weighted by Gasteiger charge is 2.19. The highest BCUT2D eigenvalue weighted by Crippen LogP contribution is 2.14. The van der Waals surface area contributed by atoms with Crippen LogP contribution in [0.15, 0.2) is 60.8 Å². The third kappa shape index (κ3) is 50.0. The van der Waals surface area contributed by atoms with Gasteiger partial charge >= 0.3 is 17.9 Å². The molecular formula is C57H100O6. The van der Waals surface area contributed by atoms with Crippen LogP contribution in [-0.4, -0.2) is 37.2 Å². The summed E-state index contributed by atoms with van der Waals surface area (Å²) in [6.45, 7) is 6.56. The predicted octanol–water partition coefficient (Wildman–Crippen LogP) is 17.6. The minimum atomic E-state index is -0.786. The molecule has 0 rings (SSSR count). The van der Waals surface area contributed by atoms with Gasteiger partial charge in [0, 0.05) is 19.3 Å². The lowest BCUT2D eigenvalue weighted by Crippen LogP contribution is -2.30. The van der Waals surface area contributed by atoms with E-state index < -0.39 is 6.10 Å². The maximum absolute atomic E-state index is 12.8. The average molecular weight is 881 g/mol. The fraction of sp³-hybridized carbons (Fsp3) is 0.772. The number of carbonyl (C=O) groups excluding carboxylic acids is 3. The summed E-state index contributed by atoms with van der Waals surface area (Å²) in [5, 5.41) is 0. The van der Waals surface area contributed by atoms with E-state index >= 15 is 0 Å². The van der Waals surface area contributed by atoms with Crippen LogP contribution in [0.25, 0.3) is 0 Å². The molecule has 0 saturated carbocycles. The van der Waals surface area contributed by atoms with Crippen molar-refractivity contribution >= 4 is 17.9 Å². The first-order valence-electron chi connectivity index (χ1n) is 26.8. The third-order valence-electron chi connectivity index (χ3n) is 11.5. The number of hydrogen-bond acceptors (Lipinski definition) is 6. The molecule has 0 aromatic rings. The minimum Gasteiger partial charge on any atom is -0.462 e. The Hall–Kier alpha value is -2.89. The van der Waals surface area contributed by atoms with E-state index in [4.69, 9.17) is 14.2 Å². The largest absolute Gasteiger partial charge is 0.462 e. The minimum absolute atomic E-state index is 0.0861. The summed E-state index contributed by atoms with van der Waals surface area (Å²) in [5.74, 6) is -0.913. The van der Waals surface area contributed by atoms with Crippen LogP contribution in [0.4, 0.5) is 0 Å². The molecule has 0 aromatic carbocycles. The molecule has 0 fully saturated rings. The van der Waals surface area contributed by atoms with E-state index in [9.17, 15) is 14.4 Å². The van der Waals surface area contributed by atoms with Crippen molar-refractivity contribution in [3.05, 3.63) is 60.8 Å². The van der Waals surface area contributed by atoms with Crippen LogP contribution in [0.1, 0.15) is 265 Å². The van der Waals surface area contributed by atoms with Crippen LogP contribution in [0.5, 0.6) is 0 Å². The number of esters is 3. The molecule has 6 heteroatoms. The normalized spacial score (nSPS) is 12.5. The van der Waals surface area contributed by atoms with Crippen LogP contribution in [0, 0.1) is 0 Å². The molecule has 0 aromatic heterocycles. The van der Waals surface area contributed by atoms with Gasteiger partial charge < -0.3 is 14.2 Å². The van der Waals surface area contributed by atoms with Gasteiger partial charge in [-0.25, -0.2) is 0 Å². The van der Waals surface area contributed by atoms with Crippen molar-refractivity contribution in [3.63, 3.8) is 0 Å². The number of rotatable bonds is 48. The van der Waals surface area contributed by atoms with Crippen LogP contribution in [0.2, 0.25) is 0 Å². The first-order valence-corrected chi connectivity index (χ1v) is 26.8. The molecule has 0 bridgehead atoms. The first kappa shape index (κ1) is 60.1. The molecule has 1 atom stereocenters. The Morgan fingerprint density at radius 3 is 0.937 bits per heavy atom. The Morgan fingerprint density at radius 2 is 0.571 bits per heavy atom. The fourth-order valence-electron chi connectivity index (χ4n) is 7.38. The number of ether oxygens (including phenoxy) is 3. The van der Waals surface area contributed by atoms with Gasteiger partial charge in [-0.2, -0.15) is 0 Å². The van der Waals surface area contributed by atoms with Gasteiger partial charge in [-0.05, 0) is 109 Å². The molecule has 0 spiro atoms. The van der Waals surface area contributed by atoms with Crippen molar-refractivity contribution in [1.82, 2.24) is 0 Å². The Labute approximate surface area is 390 Å². The van der Waals surface area contributed by atoms with Crippen molar-refractivity contribution in [2.24, 2.45) is 0 Å². The van der Waals surface area contributed by atoms with Crippen molar-refractivity contribution in [2.75, 3.05) is 13.2 Å². The molecular weight excluding hydrogens is 781 g/mol. The predicted molar refractivity (Wildman–Crippen MR) is 270 cm³/mol. The first-order chi connectivity index (χ1) is 31.0. The molecule has 0 heterocycles. The molecule has 1 unspecified atom stereocenters. The number of allylic oxidation sites excluding steroid dienone is 10. The van der Waals surface area contributed by atoms with Crippen LogP contribution >= 0.6 is 0 Å². The Kier molecular flexibility index (Phi) is 49.4. The van der Waals surface area contributed by atoms with E-state index in [1.165, 1.54) is 128 Å². The lowest BCUT2D eigenvalue weighted by atomic mass is 10.1. The Morgan fingerprint density at radius 1 is 0.317 bits per heavy atom. The third-order valence-corrected chi connectivity index (χ3v) is 11.5. The van der Waals surface area contributed by atoms with E-state index in [1.807, 2.05) is 0 Å². The average Bonchev–Trinajstić information content (AvgIpc) is 3.28. The van der Waals surface area contributed by atoms with E-state index in [-0.39, 0.29) is 31.1 Å². The quantitative estimate of drug-likeness (QED) is 0.0262. The Balaban J connectivity index is 4.35. The zero-order valence-electron chi connectivity index (χ0n) is 41.6. The summed E-state index contributed by atoms with van der Waals surface area (Å²) in [6.07, 6.45) is 63.5. The molecule has 6 nitrogen and oxygen atoms in total. The van der Waals surface area contributed by atoms with Crippen molar-refractivity contribution in [1.29, 1.82) is 0 Å². The smallest absolute Gasteiger partial charge is 0.306 e. The lowest BCUT2D eigenvalue weighted by molar-refractivity contribution is -0.167. The zero-order chi connectivity index (χ0) is 45.8. The highest BCUT2D eigenvalue weighted by molar-refractivity contribution is 5.71. The number of carbonyl (C=O) groups is 3. The van der Waals surface area contributed by atoms with Crippen molar-refractivity contribution in [2.45, 2.75) is 271 Å². The lowest BCUT2D eigenvalue weighted by Gasteiger charge is -2.18. The van der Waals surface area contributed by atoms with Gasteiger partial charge in [0.1, 0.15) is 13.2 Å². The molecule has 63 heavy (non-hydrogen) atoms. The summed E-state index contributed by atoms with van der Waals surface area (Å²) in [7, 11) is 0. The molecule has 0 saturated heterocycles. The second-order valence-electron chi connectivity index (χ2n) is 17.8. The van der Waals surface area contributed by atoms with Crippen LogP contribution in [-0.2, 0) is 28.6 Å². The molecule has 0 aliphatic carbocycles. The zero-order valence-corrected chi connectivity index (χ0v) is 41.6. The molecule has 364 valence electrons. The standard InChI is InChI=1S/C57H100O6/c1-4-7-10-13-16-19-22-25-26-27-28-29-30-31-32-33-36-38-41-44-47-50-56(59)62-53-54(63-57(60)51-48-45-42-39-35-24-21-18-15-12-9-6-3)52-61-55(58)49-46-43-40-37-34-23-20-17-14-11-8-5-2/h17-18,20-22,25,27-28,30-31,54H,4-16,19,23-24,26,29,32-53H2,1-3H3/b20-17-,21-18-,25-22-,28-27-,31-30-.